The summed E-state index contributed by atoms with van der Waals surface area (Å²) in [6.07, 6.45) is 3.58. The van der Waals surface area contributed by atoms with Crippen molar-refractivity contribution < 1.29 is 19.1 Å². The average Bonchev–Trinajstić information content (AvgIpc) is 3.60. The second-order valence-electron chi connectivity index (χ2n) is 7.98. The number of thiophene rings is 1. The van der Waals surface area contributed by atoms with E-state index in [0.717, 1.165) is 47.7 Å². The molecule has 0 radical (unpaired) electrons. The molecule has 1 aromatic heterocycles. The smallest absolute Gasteiger partial charge is 0.261 e. The van der Waals surface area contributed by atoms with Crippen LogP contribution in [0.4, 0.5) is 5.00 Å². The second kappa shape index (κ2) is 11.5. The highest BCUT2D eigenvalue weighted by molar-refractivity contribution is 7.18. The van der Waals surface area contributed by atoms with Crippen molar-refractivity contribution in [2.75, 3.05) is 18.5 Å². The zero-order valence-electron chi connectivity index (χ0n) is 18.4. The number of nitrogens with one attached hydrogen (secondary N) is 2. The van der Waals surface area contributed by atoms with Crippen LogP contribution >= 0.6 is 11.3 Å². The predicted octanol–water partition coefficient (Wildman–Crippen LogP) is 5.26. The Hall–Kier alpha value is -3.32. The molecule has 0 bridgehead atoms. The lowest BCUT2D eigenvalue weighted by molar-refractivity contribution is -0.117. The summed E-state index contributed by atoms with van der Waals surface area (Å²) in [5.74, 6) is 1.69. The summed E-state index contributed by atoms with van der Waals surface area (Å²) < 4.78 is 11.6. The Morgan fingerprint density at radius 1 is 0.879 bits per heavy atom. The molecule has 7 heteroatoms. The molecule has 0 saturated heterocycles. The van der Waals surface area contributed by atoms with Gasteiger partial charge in [0.25, 0.3) is 5.91 Å². The molecule has 1 aliphatic carbocycles. The maximum absolute atomic E-state index is 12.3. The average molecular weight is 465 g/mol. The van der Waals surface area contributed by atoms with E-state index in [1.807, 2.05) is 54.6 Å². The van der Waals surface area contributed by atoms with E-state index < -0.39 is 0 Å². The number of rotatable bonds is 12. The molecule has 6 nitrogen and oxygen atoms in total. The summed E-state index contributed by atoms with van der Waals surface area (Å²) in [7, 11) is 0. The molecule has 2 amide bonds. The molecule has 4 rings (SSSR count). The van der Waals surface area contributed by atoms with Gasteiger partial charge in [0.2, 0.25) is 5.91 Å². The Kier molecular flexibility index (Phi) is 7.98. The van der Waals surface area contributed by atoms with Gasteiger partial charge in [0.05, 0.1) is 16.5 Å². The van der Waals surface area contributed by atoms with Gasteiger partial charge in [-0.25, -0.2) is 0 Å². The fourth-order valence-corrected chi connectivity index (χ4v) is 4.00. The molecule has 3 aromatic rings. The SMILES string of the molecule is O=C(NCCCCOc1ccc(OCc2ccccc2)cc1)c1ccc(NC(=O)C2CC2)s1. The molecule has 172 valence electrons. The summed E-state index contributed by atoms with van der Waals surface area (Å²) in [5.41, 5.74) is 1.13. The fourth-order valence-electron chi connectivity index (χ4n) is 3.18. The van der Waals surface area contributed by atoms with E-state index in [9.17, 15) is 9.59 Å². The number of benzene rings is 2. The first-order valence-electron chi connectivity index (χ1n) is 11.3. The standard InChI is InChI=1S/C26H28N2O4S/c29-25(20-8-9-20)28-24-15-14-23(33-24)26(30)27-16-4-5-17-31-21-10-12-22(13-11-21)32-18-19-6-2-1-3-7-19/h1-3,6-7,10-15,20H,4-5,8-9,16-18H2,(H,27,30)(H,28,29). The third-order valence-corrected chi connectivity index (χ3v) is 6.22. The maximum atomic E-state index is 12.3. The third kappa shape index (κ3) is 7.36. The minimum absolute atomic E-state index is 0.0539. The summed E-state index contributed by atoms with van der Waals surface area (Å²) in [4.78, 5) is 24.7. The minimum atomic E-state index is -0.112. The van der Waals surface area contributed by atoms with Crippen LogP contribution in [0, 0.1) is 5.92 Å². The molecule has 1 aliphatic rings. The Balaban J connectivity index is 1.08. The lowest BCUT2D eigenvalue weighted by Gasteiger charge is -2.09. The number of carbonyl (C=O) groups excluding carboxylic acids is 2. The number of carbonyl (C=O) groups is 2. The minimum Gasteiger partial charge on any atom is -0.494 e. The van der Waals surface area contributed by atoms with Crippen molar-refractivity contribution in [3.05, 3.63) is 77.2 Å². The fraction of sp³-hybridized carbons (Fsp3) is 0.308. The van der Waals surface area contributed by atoms with Gasteiger partial charge in [-0.1, -0.05) is 30.3 Å². The van der Waals surface area contributed by atoms with Gasteiger partial charge in [-0.2, -0.15) is 0 Å². The van der Waals surface area contributed by atoms with Gasteiger partial charge in [0.1, 0.15) is 18.1 Å². The number of hydrogen-bond donors (Lipinski definition) is 2. The van der Waals surface area contributed by atoms with Crippen molar-refractivity contribution in [1.82, 2.24) is 5.32 Å². The van der Waals surface area contributed by atoms with Gasteiger partial charge in [0, 0.05) is 12.5 Å². The molecule has 0 atom stereocenters. The van der Waals surface area contributed by atoms with Crippen LogP contribution in [0.2, 0.25) is 0 Å². The Labute approximate surface area is 197 Å². The molecule has 2 N–H and O–H groups in total. The van der Waals surface area contributed by atoms with E-state index in [-0.39, 0.29) is 17.7 Å². The van der Waals surface area contributed by atoms with Gasteiger partial charge in [-0.3, -0.25) is 9.59 Å². The quantitative estimate of drug-likeness (QED) is 0.358. The Morgan fingerprint density at radius 3 is 2.33 bits per heavy atom. The van der Waals surface area contributed by atoms with E-state index in [2.05, 4.69) is 10.6 Å². The molecule has 0 unspecified atom stereocenters. The van der Waals surface area contributed by atoms with Gasteiger partial charge >= 0.3 is 0 Å². The van der Waals surface area contributed by atoms with Crippen LogP contribution in [-0.4, -0.2) is 25.0 Å². The molecular weight excluding hydrogens is 436 g/mol. The van der Waals surface area contributed by atoms with Crippen LogP contribution in [0.25, 0.3) is 0 Å². The van der Waals surface area contributed by atoms with E-state index in [4.69, 9.17) is 9.47 Å². The lowest BCUT2D eigenvalue weighted by atomic mass is 10.2. The maximum Gasteiger partial charge on any atom is 0.261 e. The van der Waals surface area contributed by atoms with E-state index in [0.29, 0.717) is 24.6 Å². The Bertz CT molecular complexity index is 1050. The molecule has 0 spiro atoms. The number of amides is 2. The lowest BCUT2D eigenvalue weighted by Crippen LogP contribution is -2.23. The largest absolute Gasteiger partial charge is 0.494 e. The van der Waals surface area contributed by atoms with Crippen molar-refractivity contribution in [2.45, 2.75) is 32.3 Å². The van der Waals surface area contributed by atoms with Crippen LogP contribution in [0.3, 0.4) is 0 Å². The van der Waals surface area contributed by atoms with Crippen LogP contribution < -0.4 is 20.1 Å². The molecule has 1 fully saturated rings. The molecule has 33 heavy (non-hydrogen) atoms. The van der Waals surface area contributed by atoms with Crippen LogP contribution in [-0.2, 0) is 11.4 Å². The first-order chi connectivity index (χ1) is 16.2. The molecule has 2 aromatic carbocycles. The number of ether oxygens (including phenoxy) is 2. The van der Waals surface area contributed by atoms with Gasteiger partial charge in [-0.15, -0.1) is 11.3 Å². The molecule has 1 heterocycles. The molecule has 1 saturated carbocycles. The van der Waals surface area contributed by atoms with E-state index in [1.54, 1.807) is 12.1 Å². The van der Waals surface area contributed by atoms with E-state index in [1.165, 1.54) is 11.3 Å². The molecule has 0 aliphatic heterocycles. The highest BCUT2D eigenvalue weighted by Crippen LogP contribution is 2.31. The zero-order valence-corrected chi connectivity index (χ0v) is 19.2. The van der Waals surface area contributed by atoms with Crippen molar-refractivity contribution in [3.8, 4) is 11.5 Å². The summed E-state index contributed by atoms with van der Waals surface area (Å²) in [6.45, 7) is 1.70. The van der Waals surface area contributed by atoms with Crippen LogP contribution in [0.15, 0.2) is 66.7 Å². The highest BCUT2D eigenvalue weighted by Gasteiger charge is 2.29. The summed E-state index contributed by atoms with van der Waals surface area (Å²) in [6, 6.07) is 21.2. The number of anilines is 1. The van der Waals surface area contributed by atoms with Crippen molar-refractivity contribution in [2.24, 2.45) is 5.92 Å². The van der Waals surface area contributed by atoms with Crippen molar-refractivity contribution in [3.63, 3.8) is 0 Å². The summed E-state index contributed by atoms with van der Waals surface area (Å²) in [5, 5.41) is 6.52. The topological polar surface area (TPSA) is 76.7 Å². The second-order valence-corrected chi connectivity index (χ2v) is 9.07. The van der Waals surface area contributed by atoms with Crippen molar-refractivity contribution in [1.29, 1.82) is 0 Å². The van der Waals surface area contributed by atoms with E-state index >= 15 is 0 Å². The number of unbranched alkanes of at least 4 members (excludes halogenated alkanes) is 1. The van der Waals surface area contributed by atoms with Gasteiger partial charge in [0.15, 0.2) is 0 Å². The number of hydrogen-bond acceptors (Lipinski definition) is 5. The van der Waals surface area contributed by atoms with Gasteiger partial charge in [-0.05, 0) is 67.6 Å². The third-order valence-electron chi connectivity index (χ3n) is 5.22. The monoisotopic (exact) mass is 464 g/mol. The predicted molar refractivity (Wildman–Crippen MR) is 130 cm³/mol. The zero-order chi connectivity index (χ0) is 22.9. The first-order valence-corrected chi connectivity index (χ1v) is 12.1. The Morgan fingerprint density at radius 2 is 1.61 bits per heavy atom. The van der Waals surface area contributed by atoms with Crippen molar-refractivity contribution >= 4 is 28.2 Å². The first kappa shape index (κ1) is 22.9. The highest BCUT2D eigenvalue weighted by atomic mass is 32.1. The van der Waals surface area contributed by atoms with Crippen LogP contribution in [0.5, 0.6) is 11.5 Å². The van der Waals surface area contributed by atoms with Gasteiger partial charge < -0.3 is 20.1 Å². The molecular formula is C26H28N2O4S. The normalized spacial score (nSPS) is 12.7. The van der Waals surface area contributed by atoms with Crippen LogP contribution in [0.1, 0.15) is 40.9 Å². The summed E-state index contributed by atoms with van der Waals surface area (Å²) >= 11 is 1.30.